The average Bonchev–Trinajstić information content (AvgIpc) is 3.13. The summed E-state index contributed by atoms with van der Waals surface area (Å²) in [6.45, 7) is 2.75. The standard InChI is InChI=1S/C29H34FNO3/c1-29-14-13-22-23(25(29)11-12-27(29)33)10-7-19-17-26(32)20(16-24(19)22)4-2-3-15-31-28(34)18-5-8-21(30)9-6-18/h5-6,8-9,16-17,22-23,25,32H,2-4,7,10-15H2,1H3,(H,31,34)/t22?,23?,25?,29-/m0/s1. The molecule has 3 aliphatic rings. The number of Topliss-reactive ketones (excluding diaryl/α,β-unsaturated/α-hetero) is 1. The lowest BCUT2D eigenvalue weighted by atomic mass is 9.55. The van der Waals surface area contributed by atoms with Crippen molar-refractivity contribution in [2.45, 2.75) is 70.6 Å². The van der Waals surface area contributed by atoms with E-state index < -0.39 is 0 Å². The molecule has 2 aromatic carbocycles. The van der Waals surface area contributed by atoms with E-state index in [9.17, 15) is 19.1 Å². The van der Waals surface area contributed by atoms with Gasteiger partial charge < -0.3 is 10.4 Å². The van der Waals surface area contributed by atoms with Gasteiger partial charge in [-0.05, 0) is 116 Å². The van der Waals surface area contributed by atoms with Crippen molar-refractivity contribution in [1.82, 2.24) is 5.32 Å². The molecule has 0 aromatic heterocycles. The number of phenolic OH excluding ortho intramolecular Hbond substituents is 1. The van der Waals surface area contributed by atoms with Gasteiger partial charge in [-0.15, -0.1) is 0 Å². The number of amides is 1. The number of phenols is 1. The van der Waals surface area contributed by atoms with Crippen LogP contribution in [0.1, 0.15) is 84.8 Å². The van der Waals surface area contributed by atoms with Crippen molar-refractivity contribution in [3.8, 4) is 5.75 Å². The number of ketones is 1. The molecular weight excluding hydrogens is 429 g/mol. The number of nitrogens with one attached hydrogen (secondary N) is 1. The van der Waals surface area contributed by atoms with Gasteiger partial charge in [-0.1, -0.05) is 13.0 Å². The lowest BCUT2D eigenvalue weighted by Gasteiger charge is -2.48. The number of hydrogen-bond donors (Lipinski definition) is 2. The maximum Gasteiger partial charge on any atom is 0.251 e. The van der Waals surface area contributed by atoms with Gasteiger partial charge in [0.05, 0.1) is 0 Å². The van der Waals surface area contributed by atoms with Crippen LogP contribution in [0.25, 0.3) is 0 Å². The van der Waals surface area contributed by atoms with Crippen molar-refractivity contribution in [2.24, 2.45) is 17.3 Å². The van der Waals surface area contributed by atoms with E-state index in [4.69, 9.17) is 0 Å². The molecule has 5 heteroatoms. The highest BCUT2D eigenvalue weighted by Gasteiger charge is 2.54. The number of fused-ring (bicyclic) bond motifs is 5. The van der Waals surface area contributed by atoms with E-state index in [-0.39, 0.29) is 17.1 Å². The van der Waals surface area contributed by atoms with Crippen LogP contribution in [-0.2, 0) is 17.6 Å². The summed E-state index contributed by atoms with van der Waals surface area (Å²) in [5.41, 5.74) is 4.00. The Morgan fingerprint density at radius 3 is 2.71 bits per heavy atom. The predicted molar refractivity (Wildman–Crippen MR) is 129 cm³/mol. The summed E-state index contributed by atoms with van der Waals surface area (Å²) in [6, 6.07) is 9.75. The van der Waals surface area contributed by atoms with E-state index in [2.05, 4.69) is 18.3 Å². The smallest absolute Gasteiger partial charge is 0.251 e. The minimum Gasteiger partial charge on any atom is -0.508 e. The van der Waals surface area contributed by atoms with E-state index >= 15 is 0 Å². The number of rotatable bonds is 6. The third-order valence-corrected chi connectivity index (χ3v) is 8.90. The molecular formula is C29H34FNO3. The maximum absolute atomic E-state index is 13.0. The first-order chi connectivity index (χ1) is 16.4. The van der Waals surface area contributed by atoms with Crippen LogP contribution in [0.15, 0.2) is 36.4 Å². The van der Waals surface area contributed by atoms with Gasteiger partial charge in [0.15, 0.2) is 0 Å². The predicted octanol–water partition coefficient (Wildman–Crippen LogP) is 5.71. The van der Waals surface area contributed by atoms with Crippen molar-refractivity contribution in [3.63, 3.8) is 0 Å². The monoisotopic (exact) mass is 463 g/mol. The van der Waals surface area contributed by atoms with Crippen LogP contribution in [-0.4, -0.2) is 23.3 Å². The molecule has 0 radical (unpaired) electrons. The summed E-state index contributed by atoms with van der Waals surface area (Å²) >= 11 is 0. The van der Waals surface area contributed by atoms with Crippen molar-refractivity contribution >= 4 is 11.7 Å². The van der Waals surface area contributed by atoms with Crippen LogP contribution in [0.3, 0.4) is 0 Å². The van der Waals surface area contributed by atoms with Crippen LogP contribution in [0, 0.1) is 23.1 Å². The number of aryl methyl sites for hydroxylation is 2. The first kappa shape index (κ1) is 23.1. The minimum atomic E-state index is -0.355. The van der Waals surface area contributed by atoms with E-state index in [1.807, 2.05) is 6.07 Å². The molecule has 0 aliphatic heterocycles. The van der Waals surface area contributed by atoms with E-state index in [0.717, 1.165) is 63.4 Å². The lowest BCUT2D eigenvalue weighted by molar-refractivity contribution is -0.129. The summed E-state index contributed by atoms with van der Waals surface area (Å²) in [4.78, 5) is 24.7. The zero-order valence-electron chi connectivity index (χ0n) is 19.9. The molecule has 2 saturated carbocycles. The van der Waals surface area contributed by atoms with Crippen LogP contribution >= 0.6 is 0 Å². The van der Waals surface area contributed by atoms with Gasteiger partial charge in [-0.2, -0.15) is 0 Å². The van der Waals surface area contributed by atoms with Gasteiger partial charge >= 0.3 is 0 Å². The molecule has 34 heavy (non-hydrogen) atoms. The van der Waals surface area contributed by atoms with E-state index in [1.165, 1.54) is 35.4 Å². The Morgan fingerprint density at radius 2 is 1.91 bits per heavy atom. The number of hydrogen-bond acceptors (Lipinski definition) is 3. The van der Waals surface area contributed by atoms with Crippen LogP contribution in [0.2, 0.25) is 0 Å². The highest BCUT2D eigenvalue weighted by molar-refractivity contribution is 5.94. The normalized spacial score (nSPS) is 27.6. The number of carbonyl (C=O) groups excluding carboxylic acids is 2. The third-order valence-electron chi connectivity index (χ3n) is 8.90. The highest BCUT2D eigenvalue weighted by atomic mass is 19.1. The third kappa shape index (κ3) is 4.14. The summed E-state index contributed by atoms with van der Waals surface area (Å²) in [6.07, 6.45) is 8.38. The molecule has 2 N–H and O–H groups in total. The van der Waals surface area contributed by atoms with Gasteiger partial charge in [0, 0.05) is 23.9 Å². The molecule has 2 fully saturated rings. The number of unbranched alkanes of at least 4 members (excludes halogenated alkanes) is 1. The molecule has 1 amide bonds. The Balaban J connectivity index is 1.20. The highest BCUT2D eigenvalue weighted by Crippen LogP contribution is 2.59. The van der Waals surface area contributed by atoms with Crippen molar-refractivity contribution in [3.05, 3.63) is 64.5 Å². The average molecular weight is 464 g/mol. The minimum absolute atomic E-state index is 0.114. The van der Waals surface area contributed by atoms with E-state index in [0.29, 0.717) is 41.4 Å². The molecule has 2 aromatic rings. The molecule has 4 nitrogen and oxygen atoms in total. The number of halogens is 1. The number of aromatic hydroxyl groups is 1. The Labute approximate surface area is 201 Å². The van der Waals surface area contributed by atoms with Crippen molar-refractivity contribution < 1.29 is 19.1 Å². The SMILES string of the molecule is C[C@]12CCC3c4cc(CCCCNC(=O)c5ccc(F)cc5)c(O)cc4CCC3C1CCC2=O. The largest absolute Gasteiger partial charge is 0.508 e. The summed E-state index contributed by atoms with van der Waals surface area (Å²) in [7, 11) is 0. The number of carbonyl (C=O) groups is 2. The summed E-state index contributed by atoms with van der Waals surface area (Å²) < 4.78 is 13.0. The first-order valence-electron chi connectivity index (χ1n) is 12.8. The Morgan fingerprint density at radius 1 is 1.12 bits per heavy atom. The molecule has 180 valence electrons. The second kappa shape index (κ2) is 9.16. The fraction of sp³-hybridized carbons (Fsp3) is 0.517. The first-order valence-corrected chi connectivity index (χ1v) is 12.8. The molecule has 3 aliphatic carbocycles. The Bertz CT molecular complexity index is 1100. The van der Waals surface area contributed by atoms with Gasteiger partial charge in [0.1, 0.15) is 17.3 Å². The zero-order chi connectivity index (χ0) is 23.9. The van der Waals surface area contributed by atoms with Crippen LogP contribution in [0.4, 0.5) is 4.39 Å². The van der Waals surface area contributed by atoms with Crippen LogP contribution < -0.4 is 5.32 Å². The Hall–Kier alpha value is -2.69. The summed E-state index contributed by atoms with van der Waals surface area (Å²) in [5, 5.41) is 13.5. The van der Waals surface area contributed by atoms with Gasteiger partial charge in [-0.25, -0.2) is 4.39 Å². The molecule has 4 atom stereocenters. The zero-order valence-corrected chi connectivity index (χ0v) is 19.9. The topological polar surface area (TPSA) is 66.4 Å². The molecule has 5 rings (SSSR count). The van der Waals surface area contributed by atoms with Gasteiger partial charge in [0.25, 0.3) is 5.91 Å². The van der Waals surface area contributed by atoms with Crippen LogP contribution in [0.5, 0.6) is 5.75 Å². The fourth-order valence-electron chi connectivity index (χ4n) is 6.97. The second-order valence-electron chi connectivity index (χ2n) is 10.7. The van der Waals surface area contributed by atoms with Gasteiger partial charge in [0.2, 0.25) is 0 Å². The summed E-state index contributed by atoms with van der Waals surface area (Å²) in [5.74, 6) is 1.89. The van der Waals surface area contributed by atoms with E-state index in [1.54, 1.807) is 0 Å². The molecule has 3 unspecified atom stereocenters. The van der Waals surface area contributed by atoms with Gasteiger partial charge in [-0.3, -0.25) is 9.59 Å². The molecule has 0 spiro atoms. The number of benzene rings is 2. The molecule has 0 saturated heterocycles. The molecule has 0 heterocycles. The second-order valence-corrected chi connectivity index (χ2v) is 10.7. The van der Waals surface area contributed by atoms with Crippen molar-refractivity contribution in [2.75, 3.05) is 6.54 Å². The fourth-order valence-corrected chi connectivity index (χ4v) is 6.97. The van der Waals surface area contributed by atoms with Crippen molar-refractivity contribution in [1.29, 1.82) is 0 Å². The Kier molecular flexibility index (Phi) is 6.22. The maximum atomic E-state index is 13.0. The molecule has 0 bridgehead atoms. The lowest BCUT2D eigenvalue weighted by Crippen LogP contribution is -2.42. The quantitative estimate of drug-likeness (QED) is 0.540.